The maximum absolute atomic E-state index is 5.90. The molecule has 1 rings (SSSR count). The normalized spacial score (nSPS) is 12.0. The Balaban J connectivity index is 2.24. The predicted octanol–water partition coefficient (Wildman–Crippen LogP) is 1.75. The van der Waals surface area contributed by atoms with E-state index in [0.29, 0.717) is 0 Å². The fourth-order valence-electron chi connectivity index (χ4n) is 1.31. The van der Waals surface area contributed by atoms with E-state index in [1.807, 2.05) is 24.5 Å². The summed E-state index contributed by atoms with van der Waals surface area (Å²) in [6, 6.07) is 4.26. The van der Waals surface area contributed by atoms with Crippen LogP contribution in [0.3, 0.4) is 0 Å². The summed E-state index contributed by atoms with van der Waals surface area (Å²) >= 11 is 0. The summed E-state index contributed by atoms with van der Waals surface area (Å²) in [6.45, 7) is 0. The van der Waals surface area contributed by atoms with Gasteiger partial charge in [-0.1, -0.05) is 0 Å². The van der Waals surface area contributed by atoms with E-state index >= 15 is 0 Å². The van der Waals surface area contributed by atoms with E-state index in [0.717, 1.165) is 25.7 Å². The molecule has 0 saturated carbocycles. The number of nitrogens with two attached hydrogens (primary N) is 1. The highest BCUT2D eigenvalue weighted by atomic mass is 14.6. The van der Waals surface area contributed by atoms with E-state index in [2.05, 4.69) is 10.9 Å². The third-order valence-electron chi connectivity index (χ3n) is 2.21. The number of hydrogen-bond acceptors (Lipinski definition) is 2. The van der Waals surface area contributed by atoms with Crippen LogP contribution in [0.5, 0.6) is 0 Å². The van der Waals surface area contributed by atoms with Gasteiger partial charge in [0.2, 0.25) is 0 Å². The summed E-state index contributed by atoms with van der Waals surface area (Å²) in [6.07, 6.45) is 12.5. The van der Waals surface area contributed by atoms with Crippen LogP contribution in [0.15, 0.2) is 24.5 Å². The van der Waals surface area contributed by atoms with E-state index in [-0.39, 0.29) is 6.04 Å². The van der Waals surface area contributed by atoms with Crippen LogP contribution in [0.2, 0.25) is 0 Å². The van der Waals surface area contributed by atoms with Crippen molar-refractivity contribution in [3.63, 3.8) is 0 Å². The molecule has 0 radical (unpaired) electrons. The Hall–Kier alpha value is -1.33. The summed E-state index contributed by atoms with van der Waals surface area (Å²) in [5.41, 5.74) is 7.18. The van der Waals surface area contributed by atoms with E-state index in [1.165, 1.54) is 5.56 Å². The lowest BCUT2D eigenvalue weighted by atomic mass is 10.0. The number of hydrogen-bond donors (Lipinski definition) is 1. The van der Waals surface area contributed by atoms with Gasteiger partial charge in [0.1, 0.15) is 0 Å². The highest BCUT2D eigenvalue weighted by Gasteiger charge is 2.01. The molecular formula is C12H16N2. The first-order valence-corrected chi connectivity index (χ1v) is 4.91. The minimum atomic E-state index is 0.221. The Bertz CT molecular complexity index is 287. The van der Waals surface area contributed by atoms with E-state index in [4.69, 9.17) is 12.2 Å². The van der Waals surface area contributed by atoms with Crippen molar-refractivity contribution in [2.24, 2.45) is 5.73 Å². The van der Waals surface area contributed by atoms with Crippen molar-refractivity contribution in [1.82, 2.24) is 4.98 Å². The van der Waals surface area contributed by atoms with Gasteiger partial charge in [-0.3, -0.25) is 4.98 Å². The lowest BCUT2D eigenvalue weighted by Gasteiger charge is -2.08. The lowest BCUT2D eigenvalue weighted by Crippen LogP contribution is -2.20. The van der Waals surface area contributed by atoms with Crippen molar-refractivity contribution in [3.8, 4) is 12.3 Å². The van der Waals surface area contributed by atoms with Gasteiger partial charge in [-0.15, -0.1) is 12.3 Å². The van der Waals surface area contributed by atoms with Gasteiger partial charge in [0.25, 0.3) is 0 Å². The summed E-state index contributed by atoms with van der Waals surface area (Å²) < 4.78 is 0. The Morgan fingerprint density at radius 1 is 1.36 bits per heavy atom. The number of aromatic nitrogens is 1. The molecule has 1 aromatic heterocycles. The zero-order valence-electron chi connectivity index (χ0n) is 8.32. The molecule has 0 aliphatic rings. The van der Waals surface area contributed by atoms with Crippen LogP contribution in [0.1, 0.15) is 24.8 Å². The molecule has 0 fully saturated rings. The van der Waals surface area contributed by atoms with Crippen LogP contribution in [0.25, 0.3) is 0 Å². The van der Waals surface area contributed by atoms with E-state index < -0.39 is 0 Å². The molecule has 0 bridgehead atoms. The quantitative estimate of drug-likeness (QED) is 0.715. The summed E-state index contributed by atoms with van der Waals surface area (Å²) in [4.78, 5) is 3.96. The molecule has 14 heavy (non-hydrogen) atoms. The van der Waals surface area contributed by atoms with Crippen LogP contribution in [-0.4, -0.2) is 11.0 Å². The molecule has 1 heterocycles. The molecule has 0 aromatic carbocycles. The summed E-state index contributed by atoms with van der Waals surface area (Å²) in [5.74, 6) is 2.61. The predicted molar refractivity (Wildman–Crippen MR) is 58.6 cm³/mol. The van der Waals surface area contributed by atoms with Crippen LogP contribution < -0.4 is 5.73 Å². The smallest absolute Gasteiger partial charge is 0.0270 e. The minimum absolute atomic E-state index is 0.221. The van der Waals surface area contributed by atoms with Gasteiger partial charge < -0.3 is 5.73 Å². The minimum Gasteiger partial charge on any atom is -0.328 e. The number of aryl methyl sites for hydroxylation is 1. The van der Waals surface area contributed by atoms with Gasteiger partial charge in [0, 0.05) is 24.9 Å². The summed E-state index contributed by atoms with van der Waals surface area (Å²) in [7, 11) is 0. The third-order valence-corrected chi connectivity index (χ3v) is 2.21. The average Bonchev–Trinajstić information content (AvgIpc) is 2.25. The lowest BCUT2D eigenvalue weighted by molar-refractivity contribution is 0.578. The second-order valence-corrected chi connectivity index (χ2v) is 3.40. The Kier molecular flexibility index (Phi) is 4.74. The molecule has 0 aliphatic carbocycles. The van der Waals surface area contributed by atoms with Crippen LogP contribution in [-0.2, 0) is 6.42 Å². The molecule has 2 nitrogen and oxygen atoms in total. The first kappa shape index (κ1) is 10.7. The van der Waals surface area contributed by atoms with Gasteiger partial charge in [-0.05, 0) is 37.0 Å². The standard InChI is InChI=1S/C12H16N2/c1-2-3-4-12(13)6-5-11-7-9-14-10-8-11/h1,7-10,12H,3-6,13H2. The highest BCUT2D eigenvalue weighted by Crippen LogP contribution is 2.05. The van der Waals surface area contributed by atoms with Gasteiger partial charge in [-0.25, -0.2) is 0 Å². The van der Waals surface area contributed by atoms with E-state index in [1.54, 1.807) is 0 Å². The van der Waals surface area contributed by atoms with Crippen molar-refractivity contribution in [1.29, 1.82) is 0 Å². The SMILES string of the molecule is C#CCCC(N)CCc1ccncc1. The maximum atomic E-state index is 5.90. The zero-order valence-corrected chi connectivity index (χ0v) is 8.32. The van der Waals surface area contributed by atoms with Crippen molar-refractivity contribution < 1.29 is 0 Å². The van der Waals surface area contributed by atoms with Gasteiger partial charge >= 0.3 is 0 Å². The largest absolute Gasteiger partial charge is 0.328 e. The monoisotopic (exact) mass is 188 g/mol. The molecule has 0 spiro atoms. The highest BCUT2D eigenvalue weighted by molar-refractivity contribution is 5.09. The molecular weight excluding hydrogens is 172 g/mol. The summed E-state index contributed by atoms with van der Waals surface area (Å²) in [5, 5.41) is 0. The van der Waals surface area contributed by atoms with Crippen molar-refractivity contribution in [2.45, 2.75) is 31.7 Å². The molecule has 2 heteroatoms. The second kappa shape index (κ2) is 6.17. The maximum Gasteiger partial charge on any atom is 0.0270 e. The van der Waals surface area contributed by atoms with Crippen molar-refractivity contribution in [3.05, 3.63) is 30.1 Å². The van der Waals surface area contributed by atoms with Crippen LogP contribution in [0.4, 0.5) is 0 Å². The van der Waals surface area contributed by atoms with Gasteiger partial charge in [-0.2, -0.15) is 0 Å². The molecule has 0 amide bonds. The number of terminal acetylenes is 1. The topological polar surface area (TPSA) is 38.9 Å². The van der Waals surface area contributed by atoms with Crippen LogP contribution >= 0.6 is 0 Å². The third kappa shape index (κ3) is 4.06. The first-order chi connectivity index (χ1) is 6.83. The zero-order chi connectivity index (χ0) is 10.2. The Morgan fingerprint density at radius 3 is 2.71 bits per heavy atom. The Labute approximate surface area is 85.5 Å². The van der Waals surface area contributed by atoms with Gasteiger partial charge in [0.15, 0.2) is 0 Å². The average molecular weight is 188 g/mol. The fraction of sp³-hybridized carbons (Fsp3) is 0.417. The molecule has 0 aliphatic heterocycles. The molecule has 1 atom stereocenters. The van der Waals surface area contributed by atoms with Gasteiger partial charge in [0.05, 0.1) is 0 Å². The number of nitrogens with zero attached hydrogens (tertiary/aromatic N) is 1. The van der Waals surface area contributed by atoms with Crippen LogP contribution in [0, 0.1) is 12.3 Å². The fourth-order valence-corrected chi connectivity index (χ4v) is 1.31. The molecule has 0 saturated heterocycles. The molecule has 1 unspecified atom stereocenters. The Morgan fingerprint density at radius 2 is 2.07 bits per heavy atom. The molecule has 74 valence electrons. The second-order valence-electron chi connectivity index (χ2n) is 3.40. The molecule has 2 N–H and O–H groups in total. The van der Waals surface area contributed by atoms with Crippen molar-refractivity contribution >= 4 is 0 Å². The van der Waals surface area contributed by atoms with E-state index in [9.17, 15) is 0 Å². The van der Waals surface area contributed by atoms with Crippen molar-refractivity contribution in [2.75, 3.05) is 0 Å². The molecule has 1 aromatic rings. The number of pyridine rings is 1. The number of rotatable bonds is 5. The first-order valence-electron chi connectivity index (χ1n) is 4.91.